The number of carbonyl (C=O) groups is 1. The standard InChI is InChI=1S/C41H60O2/c1-26(2)29-18-21-38(8)24-25-40(10)31(34(29)38)16-17-33-39(9)22-19-30(37(6,7)32(39)20-23-41(33,40)11)27-12-14-28(15-13-27)35(42)43-36(3,4)5/h12-15,19,29,31-34H,1,16-18,20-25H2,2-11H3/t29-,31+,32-,33+,34+,38+,39-,40+,41+/m0/s1. The van der Waals surface area contributed by atoms with Crippen molar-refractivity contribution in [1.29, 1.82) is 0 Å². The Hall–Kier alpha value is -1.83. The highest BCUT2D eigenvalue weighted by atomic mass is 16.6. The summed E-state index contributed by atoms with van der Waals surface area (Å²) in [4.78, 5) is 12.7. The predicted molar refractivity (Wildman–Crippen MR) is 180 cm³/mol. The maximum Gasteiger partial charge on any atom is 0.338 e. The Kier molecular flexibility index (Phi) is 7.13. The van der Waals surface area contributed by atoms with E-state index in [1.807, 2.05) is 32.9 Å². The van der Waals surface area contributed by atoms with Gasteiger partial charge in [0.15, 0.2) is 0 Å². The first-order valence-corrected chi connectivity index (χ1v) is 17.6. The smallest absolute Gasteiger partial charge is 0.338 e. The van der Waals surface area contributed by atoms with Gasteiger partial charge in [-0.15, -0.1) is 0 Å². The molecule has 1 aromatic rings. The highest BCUT2D eigenvalue weighted by molar-refractivity contribution is 5.90. The number of benzene rings is 1. The average Bonchev–Trinajstić information content (AvgIpc) is 3.26. The van der Waals surface area contributed by atoms with Crippen molar-refractivity contribution in [2.75, 3.05) is 0 Å². The van der Waals surface area contributed by atoms with E-state index in [1.54, 1.807) is 0 Å². The summed E-state index contributed by atoms with van der Waals surface area (Å²) in [7, 11) is 0. The third kappa shape index (κ3) is 4.49. The van der Waals surface area contributed by atoms with Gasteiger partial charge in [-0.3, -0.25) is 0 Å². The summed E-state index contributed by atoms with van der Waals surface area (Å²) in [5, 5.41) is 0. The van der Waals surface area contributed by atoms with E-state index in [9.17, 15) is 4.79 Å². The molecule has 5 aliphatic carbocycles. The van der Waals surface area contributed by atoms with Crippen molar-refractivity contribution in [2.24, 2.45) is 56.7 Å². The molecule has 0 heterocycles. The number of hydrogen-bond acceptors (Lipinski definition) is 2. The van der Waals surface area contributed by atoms with E-state index >= 15 is 0 Å². The van der Waals surface area contributed by atoms with Crippen LogP contribution in [0.5, 0.6) is 0 Å². The normalized spacial score (nSPS) is 43.4. The molecular weight excluding hydrogens is 524 g/mol. The van der Waals surface area contributed by atoms with Crippen LogP contribution in [0.3, 0.4) is 0 Å². The predicted octanol–water partition coefficient (Wildman–Crippen LogP) is 11.3. The van der Waals surface area contributed by atoms with Crippen LogP contribution in [0.4, 0.5) is 0 Å². The van der Waals surface area contributed by atoms with Gasteiger partial charge in [-0.2, -0.15) is 0 Å². The quantitative estimate of drug-likeness (QED) is 0.261. The zero-order chi connectivity index (χ0) is 31.4. The number of rotatable bonds is 3. The SMILES string of the molecule is C=C(C)[C@@H]1CC[C@]2(C)CC[C@]3(C)[C@H](CC[C@@H]4[C@@]5(C)CC=C(c6ccc(C(=O)OC(C)(C)C)cc6)C(C)(C)[C@@H]5CC[C@]43C)[C@@H]12. The molecule has 0 saturated heterocycles. The average molecular weight is 585 g/mol. The van der Waals surface area contributed by atoms with Gasteiger partial charge in [0.2, 0.25) is 0 Å². The summed E-state index contributed by atoms with van der Waals surface area (Å²) in [5.41, 5.74) is 6.05. The van der Waals surface area contributed by atoms with Crippen molar-refractivity contribution < 1.29 is 9.53 Å². The van der Waals surface area contributed by atoms with Gasteiger partial charge in [0.1, 0.15) is 5.60 Å². The fourth-order valence-corrected chi connectivity index (χ4v) is 12.7. The molecule has 9 atom stereocenters. The molecule has 0 N–H and O–H groups in total. The summed E-state index contributed by atoms with van der Waals surface area (Å²) in [6.07, 6.45) is 14.8. The summed E-state index contributed by atoms with van der Waals surface area (Å²) >= 11 is 0. The number of carbonyl (C=O) groups excluding carboxylic acids is 1. The number of esters is 1. The Morgan fingerprint density at radius 3 is 2.14 bits per heavy atom. The topological polar surface area (TPSA) is 26.3 Å². The van der Waals surface area contributed by atoms with Crippen molar-refractivity contribution in [1.82, 2.24) is 0 Å². The van der Waals surface area contributed by atoms with Crippen molar-refractivity contribution in [2.45, 2.75) is 133 Å². The first-order valence-electron chi connectivity index (χ1n) is 17.6. The minimum absolute atomic E-state index is 0.0845. The Bertz CT molecular complexity index is 1320. The van der Waals surface area contributed by atoms with Crippen LogP contribution in [0.15, 0.2) is 42.5 Å². The van der Waals surface area contributed by atoms with Crippen LogP contribution in [-0.2, 0) is 4.74 Å². The van der Waals surface area contributed by atoms with E-state index < -0.39 is 5.60 Å². The molecule has 4 saturated carbocycles. The van der Waals surface area contributed by atoms with Crippen LogP contribution in [0.25, 0.3) is 5.57 Å². The second-order valence-electron chi connectivity index (χ2n) is 18.5. The van der Waals surface area contributed by atoms with Crippen LogP contribution >= 0.6 is 0 Å². The summed E-state index contributed by atoms with van der Waals surface area (Å²) in [5.74, 6) is 3.57. The van der Waals surface area contributed by atoms with Gasteiger partial charge in [0.05, 0.1) is 5.56 Å². The number of hydrogen-bond donors (Lipinski definition) is 0. The molecule has 0 aromatic heterocycles. The van der Waals surface area contributed by atoms with Crippen LogP contribution in [0.1, 0.15) is 143 Å². The third-order valence-corrected chi connectivity index (χ3v) is 14.9. The number of ether oxygens (including phenoxy) is 1. The van der Waals surface area contributed by atoms with Gasteiger partial charge in [-0.1, -0.05) is 71.9 Å². The van der Waals surface area contributed by atoms with E-state index in [0.29, 0.717) is 33.1 Å². The van der Waals surface area contributed by atoms with Crippen LogP contribution in [0.2, 0.25) is 0 Å². The minimum atomic E-state index is -0.486. The Morgan fingerprint density at radius 1 is 0.837 bits per heavy atom. The molecule has 0 bridgehead atoms. The van der Waals surface area contributed by atoms with E-state index in [4.69, 9.17) is 4.74 Å². The largest absolute Gasteiger partial charge is 0.456 e. The maximum atomic E-state index is 12.7. The van der Waals surface area contributed by atoms with Crippen LogP contribution < -0.4 is 0 Å². The summed E-state index contributed by atoms with van der Waals surface area (Å²) in [6.45, 7) is 28.5. The first-order chi connectivity index (χ1) is 19.9. The lowest BCUT2D eigenvalue weighted by Crippen LogP contribution is -2.65. The Balaban J connectivity index is 1.30. The van der Waals surface area contributed by atoms with Crippen molar-refractivity contribution in [3.8, 4) is 0 Å². The molecule has 0 amide bonds. The molecule has 1 aromatic carbocycles. The number of fused-ring (bicyclic) bond motifs is 7. The fourth-order valence-electron chi connectivity index (χ4n) is 12.7. The van der Waals surface area contributed by atoms with Crippen molar-refractivity contribution in [3.63, 3.8) is 0 Å². The maximum absolute atomic E-state index is 12.7. The van der Waals surface area contributed by atoms with Gasteiger partial charge in [-0.25, -0.2) is 4.79 Å². The van der Waals surface area contributed by atoms with E-state index in [2.05, 4.69) is 73.3 Å². The molecule has 2 nitrogen and oxygen atoms in total. The van der Waals surface area contributed by atoms with Crippen LogP contribution in [-0.4, -0.2) is 11.6 Å². The Labute approximate surface area is 263 Å². The zero-order valence-corrected chi connectivity index (χ0v) is 29.2. The highest BCUT2D eigenvalue weighted by Crippen LogP contribution is 2.77. The van der Waals surface area contributed by atoms with Gasteiger partial charge in [0.25, 0.3) is 0 Å². The molecule has 236 valence electrons. The van der Waals surface area contributed by atoms with Gasteiger partial charge in [-0.05, 0) is 165 Å². The lowest BCUT2D eigenvalue weighted by molar-refractivity contribution is -0.223. The molecule has 0 unspecified atom stereocenters. The minimum Gasteiger partial charge on any atom is -0.456 e. The molecule has 0 spiro atoms. The lowest BCUT2D eigenvalue weighted by atomic mass is 9.32. The zero-order valence-electron chi connectivity index (χ0n) is 29.2. The molecule has 2 heteroatoms. The van der Waals surface area contributed by atoms with Crippen LogP contribution in [0, 0.1) is 56.7 Å². The molecule has 0 radical (unpaired) electrons. The van der Waals surface area contributed by atoms with E-state index in [-0.39, 0.29) is 11.4 Å². The summed E-state index contributed by atoms with van der Waals surface area (Å²) < 4.78 is 5.63. The monoisotopic (exact) mass is 584 g/mol. The molecule has 0 aliphatic heterocycles. The second kappa shape index (κ2) is 9.83. The third-order valence-electron chi connectivity index (χ3n) is 14.9. The number of allylic oxidation sites excluding steroid dienone is 3. The molecule has 5 aliphatic rings. The molecule has 43 heavy (non-hydrogen) atoms. The summed E-state index contributed by atoms with van der Waals surface area (Å²) in [6, 6.07) is 8.25. The van der Waals surface area contributed by atoms with Gasteiger partial charge < -0.3 is 4.74 Å². The molecular formula is C41H60O2. The molecule has 6 rings (SSSR count). The van der Waals surface area contributed by atoms with Gasteiger partial charge in [0, 0.05) is 0 Å². The fraction of sp³-hybridized carbons (Fsp3) is 0.732. The van der Waals surface area contributed by atoms with Crippen molar-refractivity contribution >= 4 is 11.5 Å². The second-order valence-corrected chi connectivity index (χ2v) is 18.5. The lowest BCUT2D eigenvalue weighted by Gasteiger charge is -2.72. The highest BCUT2D eigenvalue weighted by Gasteiger charge is 2.69. The Morgan fingerprint density at radius 2 is 1.51 bits per heavy atom. The van der Waals surface area contributed by atoms with E-state index in [1.165, 1.54) is 74.5 Å². The first kappa shape index (κ1) is 31.2. The molecule has 4 fully saturated rings. The van der Waals surface area contributed by atoms with E-state index in [0.717, 1.165) is 23.7 Å². The van der Waals surface area contributed by atoms with Crippen molar-refractivity contribution in [3.05, 3.63) is 53.6 Å². The van der Waals surface area contributed by atoms with Gasteiger partial charge >= 0.3 is 5.97 Å².